The highest BCUT2D eigenvalue weighted by Crippen LogP contribution is 2.24. The number of piperazine rings is 1. The van der Waals surface area contributed by atoms with Gasteiger partial charge in [0.25, 0.3) is 0 Å². The van der Waals surface area contributed by atoms with Crippen LogP contribution < -0.4 is 10.2 Å². The lowest BCUT2D eigenvalue weighted by Crippen LogP contribution is -2.48. The number of rotatable bonds is 6. The quantitative estimate of drug-likeness (QED) is 0.564. The zero-order chi connectivity index (χ0) is 20.9. The lowest BCUT2D eigenvalue weighted by molar-refractivity contribution is -0.117. The number of anilines is 2. The second-order valence-corrected chi connectivity index (χ2v) is 8.76. The molecular weight excluding hydrogens is 443 g/mol. The van der Waals surface area contributed by atoms with E-state index < -0.39 is 0 Å². The maximum absolute atomic E-state index is 12.4. The van der Waals surface area contributed by atoms with Crippen LogP contribution in [0.25, 0.3) is 0 Å². The van der Waals surface area contributed by atoms with Gasteiger partial charge in [0, 0.05) is 54.9 Å². The van der Waals surface area contributed by atoms with E-state index in [0.29, 0.717) is 18.1 Å². The zero-order valence-electron chi connectivity index (χ0n) is 16.1. The molecule has 1 amide bonds. The van der Waals surface area contributed by atoms with Gasteiger partial charge in [-0.15, -0.1) is 11.3 Å². The number of amides is 1. The summed E-state index contributed by atoms with van der Waals surface area (Å²) in [5, 5.41) is 4.49. The number of benzene rings is 1. The summed E-state index contributed by atoms with van der Waals surface area (Å²) in [6.45, 7) is 3.42. The van der Waals surface area contributed by atoms with Crippen molar-refractivity contribution in [3.63, 3.8) is 0 Å². The molecule has 0 saturated carbocycles. The van der Waals surface area contributed by atoms with Crippen molar-refractivity contribution in [1.82, 2.24) is 19.9 Å². The average molecular weight is 463 g/mol. The summed E-state index contributed by atoms with van der Waals surface area (Å²) in [7, 11) is 0. The van der Waals surface area contributed by atoms with E-state index in [1.165, 1.54) is 11.3 Å². The van der Waals surface area contributed by atoms with Crippen LogP contribution in [0.2, 0.25) is 10.3 Å². The van der Waals surface area contributed by atoms with Crippen LogP contribution in [-0.2, 0) is 11.2 Å². The molecule has 1 aliphatic heterocycles. The molecule has 2 aromatic heterocycles. The van der Waals surface area contributed by atoms with E-state index in [-0.39, 0.29) is 11.2 Å². The van der Waals surface area contributed by atoms with Crippen LogP contribution in [-0.4, -0.2) is 58.5 Å². The van der Waals surface area contributed by atoms with Crippen molar-refractivity contribution in [1.29, 1.82) is 0 Å². The third-order valence-corrected chi connectivity index (χ3v) is 6.26. The van der Waals surface area contributed by atoms with Gasteiger partial charge in [0.1, 0.15) is 5.82 Å². The molecular formula is C20H20Cl2N6OS. The summed E-state index contributed by atoms with van der Waals surface area (Å²) in [6.07, 6.45) is 4.13. The predicted molar refractivity (Wildman–Crippen MR) is 121 cm³/mol. The average Bonchev–Trinajstić information content (AvgIpc) is 3.17. The Balaban J connectivity index is 1.26. The maximum atomic E-state index is 12.4. The number of nitrogens with one attached hydrogen (secondary N) is 1. The molecule has 1 fully saturated rings. The van der Waals surface area contributed by atoms with Crippen LogP contribution in [0, 0.1) is 0 Å². The van der Waals surface area contributed by atoms with Crippen molar-refractivity contribution in [2.24, 2.45) is 0 Å². The number of hydrogen-bond donors (Lipinski definition) is 1. The van der Waals surface area contributed by atoms with Crippen LogP contribution in [0.1, 0.15) is 10.4 Å². The summed E-state index contributed by atoms with van der Waals surface area (Å²) < 4.78 is 0. The second-order valence-electron chi connectivity index (χ2n) is 6.90. The molecule has 0 bridgehead atoms. The van der Waals surface area contributed by atoms with E-state index in [9.17, 15) is 4.79 Å². The monoisotopic (exact) mass is 462 g/mol. The highest BCUT2D eigenvalue weighted by molar-refractivity contribution is 7.15. The van der Waals surface area contributed by atoms with Gasteiger partial charge in [0.15, 0.2) is 5.13 Å². The standard InChI is InChI=1S/C20H20Cl2N6OS/c21-16-4-2-1-3-14(16)11-15-12-24-20(30-15)26-18(29)13-27-7-9-28(10-8-27)17-5-6-23-19(22)25-17/h1-6,12H,7-11,13H2,(H,24,26,29). The Morgan fingerprint density at radius 2 is 1.90 bits per heavy atom. The second kappa shape index (κ2) is 9.70. The first kappa shape index (κ1) is 21.0. The lowest BCUT2D eigenvalue weighted by atomic mass is 10.1. The molecule has 1 N–H and O–H groups in total. The third kappa shape index (κ3) is 5.46. The smallest absolute Gasteiger partial charge is 0.240 e. The Morgan fingerprint density at radius 3 is 2.67 bits per heavy atom. The van der Waals surface area contributed by atoms with E-state index in [4.69, 9.17) is 23.2 Å². The van der Waals surface area contributed by atoms with Crippen molar-refractivity contribution in [2.45, 2.75) is 6.42 Å². The molecule has 1 aliphatic rings. The summed E-state index contributed by atoms with van der Waals surface area (Å²) in [6, 6.07) is 9.59. The van der Waals surface area contributed by atoms with Gasteiger partial charge in [-0.05, 0) is 29.3 Å². The Morgan fingerprint density at radius 1 is 1.10 bits per heavy atom. The first-order chi connectivity index (χ1) is 14.6. The van der Waals surface area contributed by atoms with Crippen molar-refractivity contribution < 1.29 is 4.79 Å². The van der Waals surface area contributed by atoms with Gasteiger partial charge in [0.2, 0.25) is 11.2 Å². The van der Waals surface area contributed by atoms with Crippen LogP contribution >= 0.6 is 34.5 Å². The molecule has 0 spiro atoms. The molecule has 0 aliphatic carbocycles. The third-order valence-electron chi connectivity index (χ3n) is 4.80. The number of nitrogens with zero attached hydrogens (tertiary/aromatic N) is 5. The van der Waals surface area contributed by atoms with Crippen LogP contribution in [0.3, 0.4) is 0 Å². The predicted octanol–water partition coefficient (Wildman–Crippen LogP) is 3.59. The number of hydrogen-bond acceptors (Lipinski definition) is 7. The molecule has 3 heterocycles. The van der Waals surface area contributed by atoms with Crippen molar-refractivity contribution in [2.75, 3.05) is 42.9 Å². The Hall–Kier alpha value is -2.26. The minimum absolute atomic E-state index is 0.0628. The molecule has 1 saturated heterocycles. The van der Waals surface area contributed by atoms with E-state index in [0.717, 1.165) is 47.5 Å². The lowest BCUT2D eigenvalue weighted by Gasteiger charge is -2.34. The molecule has 4 rings (SSSR count). The maximum Gasteiger partial charge on any atom is 0.240 e. The highest BCUT2D eigenvalue weighted by atomic mass is 35.5. The van der Waals surface area contributed by atoms with Gasteiger partial charge < -0.3 is 10.2 Å². The minimum Gasteiger partial charge on any atom is -0.354 e. The first-order valence-corrected chi connectivity index (χ1v) is 11.1. The van der Waals surface area contributed by atoms with Crippen LogP contribution in [0.4, 0.5) is 10.9 Å². The number of aromatic nitrogens is 3. The fourth-order valence-corrected chi connectivity index (χ4v) is 4.47. The van der Waals surface area contributed by atoms with E-state index in [1.54, 1.807) is 12.4 Å². The number of thiazole rings is 1. The Labute approximate surface area is 188 Å². The molecule has 1 aromatic carbocycles. The summed E-state index contributed by atoms with van der Waals surface area (Å²) in [5.74, 6) is 0.750. The van der Waals surface area contributed by atoms with E-state index >= 15 is 0 Å². The SMILES string of the molecule is O=C(CN1CCN(c2ccnc(Cl)n2)CC1)Nc1ncc(Cc2ccccc2Cl)s1. The normalized spacial score (nSPS) is 14.7. The summed E-state index contributed by atoms with van der Waals surface area (Å²) in [5.41, 5.74) is 1.04. The van der Waals surface area contributed by atoms with Crippen LogP contribution in [0.5, 0.6) is 0 Å². The molecule has 7 nitrogen and oxygen atoms in total. The Bertz CT molecular complexity index is 1020. The molecule has 0 atom stereocenters. The van der Waals surface area contributed by atoms with E-state index in [1.807, 2.05) is 30.3 Å². The number of carbonyl (C=O) groups is 1. The first-order valence-electron chi connectivity index (χ1n) is 9.50. The largest absolute Gasteiger partial charge is 0.354 e. The summed E-state index contributed by atoms with van der Waals surface area (Å²) in [4.78, 5) is 30.2. The molecule has 10 heteroatoms. The molecule has 3 aromatic rings. The Kier molecular flexibility index (Phi) is 6.79. The molecule has 0 unspecified atom stereocenters. The van der Waals surface area contributed by atoms with Gasteiger partial charge in [-0.3, -0.25) is 9.69 Å². The fourth-order valence-electron chi connectivity index (χ4n) is 3.28. The van der Waals surface area contributed by atoms with Crippen LogP contribution in [0.15, 0.2) is 42.7 Å². The van der Waals surface area contributed by atoms with Gasteiger partial charge in [0.05, 0.1) is 6.54 Å². The number of halogens is 2. The topological polar surface area (TPSA) is 74.2 Å². The highest BCUT2D eigenvalue weighted by Gasteiger charge is 2.20. The van der Waals surface area contributed by atoms with Crippen molar-refractivity contribution >= 4 is 51.4 Å². The minimum atomic E-state index is -0.0628. The molecule has 156 valence electrons. The zero-order valence-corrected chi connectivity index (χ0v) is 18.4. The van der Waals surface area contributed by atoms with E-state index in [2.05, 4.69) is 30.1 Å². The van der Waals surface area contributed by atoms with Gasteiger partial charge in [-0.2, -0.15) is 0 Å². The van der Waals surface area contributed by atoms with Gasteiger partial charge in [-0.1, -0.05) is 29.8 Å². The summed E-state index contributed by atoms with van der Waals surface area (Å²) >= 11 is 13.6. The van der Waals surface area contributed by atoms with Gasteiger partial charge in [-0.25, -0.2) is 15.0 Å². The van der Waals surface area contributed by atoms with Gasteiger partial charge >= 0.3 is 0 Å². The fraction of sp³-hybridized carbons (Fsp3) is 0.300. The molecule has 30 heavy (non-hydrogen) atoms. The number of carbonyl (C=O) groups excluding carboxylic acids is 1. The van der Waals surface area contributed by atoms with Crippen molar-refractivity contribution in [3.05, 3.63) is 63.5 Å². The molecule has 0 radical (unpaired) electrons. The van der Waals surface area contributed by atoms with Crippen molar-refractivity contribution in [3.8, 4) is 0 Å².